The standard InChI is InChI=1S/C77H128O6/c1-4-7-10-13-16-19-22-25-27-29-31-33-35-37-38-40-41-43-45-47-49-52-55-58-61-64-67-70-76(79)82-73-74(72-81-75(78)69-66-63-60-57-54-51-24-21-18-15-12-9-6-3)83-77(80)71-68-65-62-59-56-53-50-48-46-44-42-39-36-34-32-30-28-26-23-20-17-14-11-8-5-2/h8-9,11-12,17-18,20-22,25-26,28-29,31-32,34-35,37,39,42,51,54,74H,4-7,10,13-16,19,23-24,27,30,33,36,38,40-41,43-50,52-53,55-73H2,1-3H3/b11-8-,12-9-,20-17-,21-18-,25-22-,28-26-,31-29-,34-32-,37-35-,42-39-,54-51-. The van der Waals surface area contributed by atoms with Crippen molar-refractivity contribution in [2.45, 2.75) is 322 Å². The smallest absolute Gasteiger partial charge is 0.306 e. The van der Waals surface area contributed by atoms with Crippen molar-refractivity contribution in [3.63, 3.8) is 0 Å². The summed E-state index contributed by atoms with van der Waals surface area (Å²) in [5.74, 6) is -0.926. The molecule has 0 saturated carbocycles. The molecule has 0 bridgehead atoms. The summed E-state index contributed by atoms with van der Waals surface area (Å²) in [4.78, 5) is 38.4. The van der Waals surface area contributed by atoms with E-state index in [2.05, 4.69) is 154 Å². The van der Waals surface area contributed by atoms with Gasteiger partial charge in [-0.05, 0) is 135 Å². The van der Waals surface area contributed by atoms with Crippen LogP contribution in [-0.4, -0.2) is 37.2 Å². The van der Waals surface area contributed by atoms with E-state index in [1.54, 1.807) is 0 Å². The normalized spacial score (nSPS) is 13.0. The van der Waals surface area contributed by atoms with Gasteiger partial charge in [0.25, 0.3) is 0 Å². The van der Waals surface area contributed by atoms with E-state index in [4.69, 9.17) is 14.2 Å². The van der Waals surface area contributed by atoms with Crippen molar-refractivity contribution < 1.29 is 28.6 Å². The molecule has 0 rings (SSSR count). The Bertz CT molecular complexity index is 1750. The van der Waals surface area contributed by atoms with Gasteiger partial charge in [0.15, 0.2) is 6.10 Å². The van der Waals surface area contributed by atoms with E-state index in [9.17, 15) is 14.4 Å². The fourth-order valence-electron chi connectivity index (χ4n) is 9.49. The van der Waals surface area contributed by atoms with Crippen molar-refractivity contribution in [1.29, 1.82) is 0 Å². The Hall–Kier alpha value is -4.45. The topological polar surface area (TPSA) is 78.9 Å². The first-order valence-corrected chi connectivity index (χ1v) is 34.7. The zero-order valence-corrected chi connectivity index (χ0v) is 54.2. The van der Waals surface area contributed by atoms with Gasteiger partial charge in [-0.1, -0.05) is 296 Å². The molecule has 472 valence electrons. The summed E-state index contributed by atoms with van der Waals surface area (Å²) in [6.45, 7) is 6.39. The van der Waals surface area contributed by atoms with Crippen molar-refractivity contribution >= 4 is 17.9 Å². The first-order valence-electron chi connectivity index (χ1n) is 34.7. The third kappa shape index (κ3) is 68.2. The number of ether oxygens (including phenoxy) is 3. The van der Waals surface area contributed by atoms with Crippen LogP contribution < -0.4 is 0 Å². The summed E-state index contributed by atoms with van der Waals surface area (Å²) in [6.07, 6.45) is 99.0. The van der Waals surface area contributed by atoms with Gasteiger partial charge in [-0.3, -0.25) is 14.4 Å². The first kappa shape index (κ1) is 78.5. The highest BCUT2D eigenvalue weighted by atomic mass is 16.6. The molecule has 0 amide bonds. The monoisotopic (exact) mass is 1150 g/mol. The fraction of sp³-hybridized carbons (Fsp3) is 0.675. The Labute approximate surface area is 513 Å². The fourth-order valence-corrected chi connectivity index (χ4v) is 9.49. The maximum atomic E-state index is 13.0. The predicted octanol–water partition coefficient (Wildman–Crippen LogP) is 24.1. The van der Waals surface area contributed by atoms with E-state index in [-0.39, 0.29) is 31.1 Å². The Morgan fingerprint density at radius 2 is 0.470 bits per heavy atom. The largest absolute Gasteiger partial charge is 0.462 e. The predicted molar refractivity (Wildman–Crippen MR) is 362 cm³/mol. The van der Waals surface area contributed by atoms with Crippen LogP contribution in [0.5, 0.6) is 0 Å². The van der Waals surface area contributed by atoms with Gasteiger partial charge in [0, 0.05) is 19.3 Å². The van der Waals surface area contributed by atoms with E-state index in [0.29, 0.717) is 19.3 Å². The van der Waals surface area contributed by atoms with E-state index < -0.39 is 6.10 Å². The van der Waals surface area contributed by atoms with Gasteiger partial charge in [0.05, 0.1) is 0 Å². The summed E-state index contributed by atoms with van der Waals surface area (Å²) < 4.78 is 16.9. The van der Waals surface area contributed by atoms with Crippen molar-refractivity contribution in [3.8, 4) is 0 Å². The second-order valence-electron chi connectivity index (χ2n) is 22.7. The second kappa shape index (κ2) is 70.0. The molecule has 0 aromatic carbocycles. The number of carbonyl (C=O) groups excluding carboxylic acids is 3. The van der Waals surface area contributed by atoms with Crippen LogP contribution in [0, 0.1) is 0 Å². The van der Waals surface area contributed by atoms with E-state index >= 15 is 0 Å². The average Bonchev–Trinajstić information content (AvgIpc) is 3.49. The minimum atomic E-state index is -0.801. The van der Waals surface area contributed by atoms with Crippen LogP contribution >= 0.6 is 0 Å². The Kier molecular flexibility index (Phi) is 66.3. The van der Waals surface area contributed by atoms with Crippen LogP contribution in [0.3, 0.4) is 0 Å². The van der Waals surface area contributed by atoms with Crippen molar-refractivity contribution in [1.82, 2.24) is 0 Å². The zero-order chi connectivity index (χ0) is 59.9. The molecular weight excluding hydrogens is 1020 g/mol. The highest BCUT2D eigenvalue weighted by Crippen LogP contribution is 2.16. The number of hydrogen-bond donors (Lipinski definition) is 0. The third-order valence-corrected chi connectivity index (χ3v) is 14.6. The van der Waals surface area contributed by atoms with Gasteiger partial charge < -0.3 is 14.2 Å². The molecule has 1 unspecified atom stereocenters. The van der Waals surface area contributed by atoms with Crippen LogP contribution in [0.1, 0.15) is 316 Å². The molecule has 0 radical (unpaired) electrons. The Morgan fingerprint density at radius 1 is 0.253 bits per heavy atom. The van der Waals surface area contributed by atoms with Crippen LogP contribution in [0.2, 0.25) is 0 Å². The SMILES string of the molecule is CC/C=C\C/C=C\C/C=C\C/C=C\C/C=C\CCCCCCCCCCCC(=O)OC(COC(=O)CCCCC/C=C\C/C=C\C/C=C\CC)COC(=O)CCCCCCCCCCCCCC/C=C\C/C=C\C/C=C\CCCCCCC. The molecule has 6 heteroatoms. The van der Waals surface area contributed by atoms with Crippen molar-refractivity contribution in [2.75, 3.05) is 13.2 Å². The quantitative estimate of drug-likeness (QED) is 0.0261. The molecular formula is C77H128O6. The van der Waals surface area contributed by atoms with E-state index in [1.165, 1.54) is 141 Å². The molecule has 0 aliphatic heterocycles. The number of carbonyl (C=O) groups is 3. The molecule has 0 aliphatic rings. The number of rotatable bonds is 62. The zero-order valence-electron chi connectivity index (χ0n) is 54.2. The highest BCUT2D eigenvalue weighted by Gasteiger charge is 2.19. The lowest BCUT2D eigenvalue weighted by Crippen LogP contribution is -2.30. The molecule has 0 aliphatic carbocycles. The maximum Gasteiger partial charge on any atom is 0.306 e. The summed E-state index contributed by atoms with van der Waals surface area (Å²) in [6, 6.07) is 0. The van der Waals surface area contributed by atoms with Gasteiger partial charge in [0.1, 0.15) is 13.2 Å². The Balaban J connectivity index is 4.33. The van der Waals surface area contributed by atoms with E-state index in [1.807, 2.05) is 0 Å². The van der Waals surface area contributed by atoms with E-state index in [0.717, 1.165) is 135 Å². The van der Waals surface area contributed by atoms with Crippen molar-refractivity contribution in [2.24, 2.45) is 0 Å². The number of allylic oxidation sites excluding steroid dienone is 22. The molecule has 0 aromatic heterocycles. The van der Waals surface area contributed by atoms with Crippen LogP contribution in [-0.2, 0) is 28.6 Å². The molecule has 0 aromatic rings. The molecule has 0 N–H and O–H groups in total. The summed E-state index contributed by atoms with van der Waals surface area (Å²) in [7, 11) is 0. The van der Waals surface area contributed by atoms with Gasteiger partial charge in [-0.2, -0.15) is 0 Å². The molecule has 0 fully saturated rings. The lowest BCUT2D eigenvalue weighted by molar-refractivity contribution is -0.167. The summed E-state index contributed by atoms with van der Waals surface area (Å²) >= 11 is 0. The van der Waals surface area contributed by atoms with Gasteiger partial charge in [0.2, 0.25) is 0 Å². The Morgan fingerprint density at radius 3 is 0.747 bits per heavy atom. The maximum absolute atomic E-state index is 13.0. The number of unbranched alkanes of at least 4 members (excludes halogenated alkanes) is 29. The van der Waals surface area contributed by atoms with Crippen LogP contribution in [0.25, 0.3) is 0 Å². The summed E-state index contributed by atoms with van der Waals surface area (Å²) in [5.41, 5.74) is 0. The van der Waals surface area contributed by atoms with Crippen LogP contribution in [0.4, 0.5) is 0 Å². The lowest BCUT2D eigenvalue weighted by Gasteiger charge is -2.18. The summed E-state index contributed by atoms with van der Waals surface area (Å²) in [5, 5.41) is 0. The minimum Gasteiger partial charge on any atom is -0.462 e. The minimum absolute atomic E-state index is 0.0934. The van der Waals surface area contributed by atoms with Crippen LogP contribution in [0.15, 0.2) is 134 Å². The number of esters is 3. The highest BCUT2D eigenvalue weighted by molar-refractivity contribution is 5.71. The molecule has 0 heterocycles. The number of hydrogen-bond acceptors (Lipinski definition) is 6. The van der Waals surface area contributed by atoms with Gasteiger partial charge in [-0.15, -0.1) is 0 Å². The molecule has 0 spiro atoms. The molecule has 83 heavy (non-hydrogen) atoms. The second-order valence-corrected chi connectivity index (χ2v) is 22.7. The average molecular weight is 1150 g/mol. The van der Waals surface area contributed by atoms with Gasteiger partial charge in [-0.25, -0.2) is 0 Å². The lowest BCUT2D eigenvalue weighted by atomic mass is 10.0. The third-order valence-electron chi connectivity index (χ3n) is 14.6. The molecule has 6 nitrogen and oxygen atoms in total. The van der Waals surface area contributed by atoms with Crippen molar-refractivity contribution in [3.05, 3.63) is 134 Å². The molecule has 0 saturated heterocycles. The molecule has 1 atom stereocenters. The first-order chi connectivity index (χ1) is 41.0. The van der Waals surface area contributed by atoms with Gasteiger partial charge >= 0.3 is 17.9 Å².